The summed E-state index contributed by atoms with van der Waals surface area (Å²) in [5.41, 5.74) is -3.85. The van der Waals surface area contributed by atoms with Gasteiger partial charge < -0.3 is 48.7 Å². The molecule has 2 aromatic carbocycles. The number of halogens is 1. The molecule has 0 radical (unpaired) electrons. The first kappa shape index (κ1) is 26.1. The first-order chi connectivity index (χ1) is 16.9. The van der Waals surface area contributed by atoms with Gasteiger partial charge in [0, 0.05) is 11.1 Å². The summed E-state index contributed by atoms with van der Waals surface area (Å²) in [6, 6.07) is 0.765. The number of carboxylic acids is 1. The Hall–Kier alpha value is -3.02. The van der Waals surface area contributed by atoms with E-state index in [4.69, 9.17) is 7.80 Å². The molecular weight excluding hydrogens is 599 g/mol. The number of hydrogen-bond acceptors (Lipinski definition) is 12. The largest absolute Gasteiger partial charge is 0.507 e. The lowest BCUT2D eigenvalue weighted by Crippen LogP contribution is -2.55. The number of aromatic hydroxyl groups is 3. The number of phenols is 3. The Labute approximate surface area is 215 Å². The zero-order valence-electron chi connectivity index (χ0n) is 18.2. The van der Waals surface area contributed by atoms with Crippen molar-refractivity contribution in [3.63, 3.8) is 0 Å². The van der Waals surface area contributed by atoms with E-state index >= 15 is 0 Å². The molecule has 36 heavy (non-hydrogen) atoms. The Morgan fingerprint density at radius 2 is 1.61 bits per heavy atom. The van der Waals surface area contributed by atoms with E-state index in [0.29, 0.717) is 0 Å². The highest BCUT2D eigenvalue weighted by molar-refractivity contribution is 14.1. The van der Waals surface area contributed by atoms with Crippen molar-refractivity contribution in [2.24, 2.45) is 0 Å². The molecule has 0 aromatic heterocycles. The summed E-state index contributed by atoms with van der Waals surface area (Å²) in [6.45, 7) is 0.362. The van der Waals surface area contributed by atoms with Crippen molar-refractivity contribution < 1.29 is 63.0 Å². The summed E-state index contributed by atoms with van der Waals surface area (Å²) in [7, 11) is 0. The third kappa shape index (κ3) is 3.52. The minimum atomic E-state index is -1.95. The maximum absolute atomic E-state index is 13.5. The Bertz CT molecular complexity index is 1320. The second kappa shape index (κ2) is 9.13. The van der Waals surface area contributed by atoms with E-state index in [2.05, 4.69) is 0 Å². The fourth-order valence-electron chi connectivity index (χ4n) is 4.65. The van der Waals surface area contributed by atoms with Crippen LogP contribution in [-0.2, 0) is 4.74 Å². The van der Waals surface area contributed by atoms with Crippen LogP contribution < -0.4 is 3.07 Å². The third-order valence-electron chi connectivity index (χ3n) is 6.39. The predicted molar refractivity (Wildman–Crippen MR) is 124 cm³/mol. The number of hydrogen-bond donors (Lipinski definition) is 8. The van der Waals surface area contributed by atoms with Gasteiger partial charge in [0.05, 0.1) is 23.3 Å². The number of aliphatic hydroxyl groups excluding tert-OH is 4. The molecule has 14 heteroatoms. The van der Waals surface area contributed by atoms with Gasteiger partial charge in [0.15, 0.2) is 46.1 Å². The highest BCUT2D eigenvalue weighted by Gasteiger charge is 2.49. The first-order valence-corrected chi connectivity index (χ1v) is 11.2. The zero-order chi connectivity index (χ0) is 26.8. The van der Waals surface area contributed by atoms with Crippen molar-refractivity contribution in [1.82, 2.24) is 0 Å². The van der Waals surface area contributed by atoms with Gasteiger partial charge in [-0.3, -0.25) is 9.59 Å². The van der Waals surface area contributed by atoms with Crippen LogP contribution in [0.4, 0.5) is 0 Å². The van der Waals surface area contributed by atoms with Crippen LogP contribution in [0.5, 0.6) is 23.0 Å². The Morgan fingerprint density at radius 1 is 1.00 bits per heavy atom. The van der Waals surface area contributed by atoms with Gasteiger partial charge in [-0.15, -0.1) is 0 Å². The maximum Gasteiger partial charge on any atom is 0.339 e. The zero-order valence-corrected chi connectivity index (χ0v) is 20.3. The molecule has 0 bridgehead atoms. The molecule has 1 aliphatic heterocycles. The summed E-state index contributed by atoms with van der Waals surface area (Å²) in [4.78, 5) is 38.4. The SMILES string of the molecule is Cc1c(C(=O)O)c(O)cc2c1C(=O)c1c(O)c(C3O[C@H](CO)[C@@H](O)[C@H](O)[C@H]3O)c(OI)c(O)c1C2=O. The molecule has 1 heterocycles. The first-order valence-electron chi connectivity index (χ1n) is 10.3. The van der Waals surface area contributed by atoms with E-state index in [1.165, 1.54) is 29.9 Å². The highest BCUT2D eigenvalue weighted by atomic mass is 127. The van der Waals surface area contributed by atoms with Gasteiger partial charge in [0.2, 0.25) is 0 Å². The van der Waals surface area contributed by atoms with Crippen molar-refractivity contribution in [3.8, 4) is 23.0 Å². The molecule has 192 valence electrons. The number of aliphatic hydroxyl groups is 4. The lowest BCUT2D eigenvalue weighted by molar-refractivity contribution is -0.232. The fourth-order valence-corrected chi connectivity index (χ4v) is 5.09. The number of carboxylic acid groups (broad SMARTS) is 1. The van der Waals surface area contributed by atoms with E-state index in [1.54, 1.807) is 0 Å². The number of ether oxygens (including phenoxy) is 1. The highest BCUT2D eigenvalue weighted by Crippen LogP contribution is 2.53. The molecule has 1 unspecified atom stereocenters. The van der Waals surface area contributed by atoms with Crippen molar-refractivity contribution in [3.05, 3.63) is 45.0 Å². The van der Waals surface area contributed by atoms with Crippen LogP contribution in [0.1, 0.15) is 59.4 Å². The van der Waals surface area contributed by atoms with E-state index in [0.717, 1.165) is 6.07 Å². The van der Waals surface area contributed by atoms with Gasteiger partial charge in [-0.1, -0.05) is 0 Å². The standard InChI is InChI=1S/C22H19IO13/c1-4-8-5(2-6(25)9(4)22(33)34)13(26)10-11(15(8)28)16(29)12(21(36-23)17(10)30)20-19(32)18(31)14(27)7(3-24)35-20/h2,7,14,18-20,24-25,27,29-32H,3H2,1H3,(H,33,34)/t7-,14-,18+,19-,20?/m1/s1. The van der Waals surface area contributed by atoms with Gasteiger partial charge in [-0.05, 0) is 18.6 Å². The number of carbonyl (C=O) groups excluding carboxylic acids is 2. The van der Waals surface area contributed by atoms with Crippen LogP contribution in [0.2, 0.25) is 0 Å². The van der Waals surface area contributed by atoms with Gasteiger partial charge in [-0.2, -0.15) is 0 Å². The van der Waals surface area contributed by atoms with Crippen molar-refractivity contribution in [1.29, 1.82) is 0 Å². The number of fused-ring (bicyclic) bond motifs is 2. The monoisotopic (exact) mass is 618 g/mol. The Balaban J connectivity index is 2.02. The van der Waals surface area contributed by atoms with Gasteiger partial charge in [-0.25, -0.2) is 4.79 Å². The summed E-state index contributed by atoms with van der Waals surface area (Å²) >= 11 is 1.29. The molecule has 2 aliphatic rings. The second-order valence-electron chi connectivity index (χ2n) is 8.30. The molecule has 13 nitrogen and oxygen atoms in total. The summed E-state index contributed by atoms with van der Waals surface area (Å²) in [6.07, 6.45) is -8.77. The molecule has 1 saturated heterocycles. The molecule has 8 N–H and O–H groups in total. The van der Waals surface area contributed by atoms with Crippen LogP contribution in [0.15, 0.2) is 6.07 Å². The van der Waals surface area contributed by atoms with E-state index in [9.17, 15) is 55.2 Å². The van der Waals surface area contributed by atoms with Crippen LogP contribution in [0.3, 0.4) is 0 Å². The molecule has 2 aromatic rings. The molecule has 5 atom stereocenters. The average molecular weight is 618 g/mol. The average Bonchev–Trinajstić information content (AvgIpc) is 2.82. The summed E-state index contributed by atoms with van der Waals surface area (Å²) in [5.74, 6) is -7.07. The molecule has 0 saturated carbocycles. The molecule has 1 fully saturated rings. The molecule has 0 spiro atoms. The quantitative estimate of drug-likeness (QED) is 0.140. The fraction of sp³-hybridized carbons (Fsp3) is 0.318. The molecule has 0 amide bonds. The normalized spacial score (nSPS) is 25.3. The van der Waals surface area contributed by atoms with Crippen LogP contribution in [-0.4, -0.2) is 89.4 Å². The second-order valence-corrected chi connectivity index (χ2v) is 8.74. The molecule has 4 rings (SSSR count). The third-order valence-corrected chi connectivity index (χ3v) is 6.83. The minimum Gasteiger partial charge on any atom is -0.507 e. The Kier molecular flexibility index (Phi) is 6.61. The molecule has 1 aliphatic carbocycles. The van der Waals surface area contributed by atoms with Crippen LogP contribution in [0.25, 0.3) is 0 Å². The van der Waals surface area contributed by atoms with Gasteiger partial charge in [0.1, 0.15) is 47.6 Å². The lowest BCUT2D eigenvalue weighted by atomic mass is 9.77. The summed E-state index contributed by atoms with van der Waals surface area (Å²) in [5, 5.41) is 81.9. The van der Waals surface area contributed by atoms with E-state index in [1.807, 2.05) is 0 Å². The van der Waals surface area contributed by atoms with Gasteiger partial charge >= 0.3 is 5.97 Å². The number of aromatic carboxylic acids is 1. The molecular formula is C22H19IO13. The van der Waals surface area contributed by atoms with Crippen molar-refractivity contribution >= 4 is 40.5 Å². The predicted octanol–water partition coefficient (Wildman–Crippen LogP) is -0.171. The minimum absolute atomic E-state index is 0.274. The van der Waals surface area contributed by atoms with E-state index < -0.39 is 111 Å². The number of benzene rings is 2. The smallest absolute Gasteiger partial charge is 0.339 e. The topological polar surface area (TPSA) is 232 Å². The van der Waals surface area contributed by atoms with Crippen molar-refractivity contribution in [2.45, 2.75) is 37.4 Å². The number of carbonyl (C=O) groups is 3. The number of ketones is 2. The summed E-state index contributed by atoms with van der Waals surface area (Å²) < 4.78 is 10.5. The van der Waals surface area contributed by atoms with E-state index in [-0.39, 0.29) is 5.56 Å². The number of phenolic OH excluding ortho intramolecular Hbond substituents is 2. The lowest BCUT2D eigenvalue weighted by Gasteiger charge is -2.41. The van der Waals surface area contributed by atoms with Crippen LogP contribution in [0, 0.1) is 6.92 Å². The van der Waals surface area contributed by atoms with Gasteiger partial charge in [0.25, 0.3) is 0 Å². The van der Waals surface area contributed by atoms with Crippen molar-refractivity contribution in [2.75, 3.05) is 6.61 Å². The Morgan fingerprint density at radius 3 is 2.17 bits per heavy atom. The number of rotatable bonds is 4. The van der Waals surface area contributed by atoms with Crippen LogP contribution >= 0.6 is 23.0 Å². The maximum atomic E-state index is 13.5.